The summed E-state index contributed by atoms with van der Waals surface area (Å²) in [5, 5.41) is 1.11. The van der Waals surface area contributed by atoms with Crippen molar-refractivity contribution < 1.29 is 4.74 Å². The number of hydrogen-bond acceptors (Lipinski definition) is 4. The molecular formula is C15H17N3O. The molecule has 0 spiro atoms. The summed E-state index contributed by atoms with van der Waals surface area (Å²) in [6.45, 7) is 5.27. The molecule has 0 N–H and O–H groups in total. The van der Waals surface area contributed by atoms with Crippen molar-refractivity contribution in [1.29, 1.82) is 0 Å². The van der Waals surface area contributed by atoms with Gasteiger partial charge in [0.05, 0.1) is 18.7 Å². The van der Waals surface area contributed by atoms with Gasteiger partial charge in [-0.2, -0.15) is 0 Å². The Balaban J connectivity index is 2.13. The van der Waals surface area contributed by atoms with Gasteiger partial charge < -0.3 is 9.64 Å². The molecule has 2 heterocycles. The van der Waals surface area contributed by atoms with Gasteiger partial charge in [0.15, 0.2) is 5.82 Å². The van der Waals surface area contributed by atoms with Gasteiger partial charge in [-0.1, -0.05) is 18.2 Å². The average Bonchev–Trinajstić information content (AvgIpc) is 2.48. The minimum atomic E-state index is 0.761. The van der Waals surface area contributed by atoms with Gasteiger partial charge in [-0.25, -0.2) is 9.97 Å². The Morgan fingerprint density at radius 3 is 2.74 bits per heavy atom. The Bertz CT molecular complexity index is 603. The third-order valence-corrected chi connectivity index (χ3v) is 3.23. The van der Waals surface area contributed by atoms with Crippen LogP contribution in [0, 0.1) is 0 Å². The van der Waals surface area contributed by atoms with Crippen LogP contribution >= 0.6 is 0 Å². The van der Waals surface area contributed by atoms with E-state index in [0.29, 0.717) is 0 Å². The first-order valence-electron chi connectivity index (χ1n) is 6.60. The van der Waals surface area contributed by atoms with E-state index < -0.39 is 0 Å². The lowest BCUT2D eigenvalue weighted by molar-refractivity contribution is 0.122. The molecule has 1 fully saturated rings. The Hall–Kier alpha value is -1.94. The number of allylic oxidation sites excluding steroid dienone is 1. The normalized spacial score (nSPS) is 16.4. The van der Waals surface area contributed by atoms with Gasteiger partial charge in [-0.05, 0) is 25.1 Å². The van der Waals surface area contributed by atoms with Crippen molar-refractivity contribution in [3.05, 3.63) is 36.2 Å². The molecule has 2 aromatic rings. The maximum Gasteiger partial charge on any atom is 0.154 e. The van der Waals surface area contributed by atoms with E-state index in [1.165, 1.54) is 0 Å². The van der Waals surface area contributed by atoms with Gasteiger partial charge in [-0.15, -0.1) is 0 Å². The predicted molar refractivity (Wildman–Crippen MR) is 77.3 cm³/mol. The van der Waals surface area contributed by atoms with Gasteiger partial charge in [-0.3, -0.25) is 0 Å². The van der Waals surface area contributed by atoms with Crippen molar-refractivity contribution in [2.24, 2.45) is 0 Å². The summed E-state index contributed by atoms with van der Waals surface area (Å²) in [7, 11) is 0. The number of benzene rings is 1. The maximum absolute atomic E-state index is 5.41. The highest BCUT2D eigenvalue weighted by atomic mass is 16.5. The van der Waals surface area contributed by atoms with E-state index in [-0.39, 0.29) is 0 Å². The smallest absolute Gasteiger partial charge is 0.154 e. The van der Waals surface area contributed by atoms with E-state index in [1.54, 1.807) is 0 Å². The van der Waals surface area contributed by atoms with Crippen molar-refractivity contribution in [2.45, 2.75) is 6.92 Å². The van der Waals surface area contributed by atoms with Crippen molar-refractivity contribution in [3.63, 3.8) is 0 Å². The summed E-state index contributed by atoms with van der Waals surface area (Å²) in [5.41, 5.74) is 0.993. The molecule has 0 atom stereocenters. The zero-order valence-electron chi connectivity index (χ0n) is 11.0. The Morgan fingerprint density at radius 2 is 1.95 bits per heavy atom. The fraction of sp³-hybridized carbons (Fsp3) is 0.333. The molecule has 1 aliphatic heterocycles. The van der Waals surface area contributed by atoms with Crippen LogP contribution in [0.4, 0.5) is 5.82 Å². The first-order chi connectivity index (χ1) is 9.38. The van der Waals surface area contributed by atoms with E-state index in [9.17, 15) is 0 Å². The Labute approximate surface area is 112 Å². The molecule has 19 heavy (non-hydrogen) atoms. The molecule has 0 radical (unpaired) electrons. The molecule has 1 saturated heterocycles. The predicted octanol–water partition coefficient (Wildman–Crippen LogP) is 2.50. The number of para-hydroxylation sites is 1. The summed E-state index contributed by atoms with van der Waals surface area (Å²) in [6, 6.07) is 8.16. The highest BCUT2D eigenvalue weighted by Gasteiger charge is 2.16. The summed E-state index contributed by atoms with van der Waals surface area (Å²) in [4.78, 5) is 11.5. The zero-order chi connectivity index (χ0) is 13.1. The highest BCUT2D eigenvalue weighted by Crippen LogP contribution is 2.24. The molecular weight excluding hydrogens is 238 g/mol. The molecule has 0 bridgehead atoms. The lowest BCUT2D eigenvalue weighted by atomic mass is 10.2. The van der Waals surface area contributed by atoms with E-state index >= 15 is 0 Å². The molecule has 3 rings (SSSR count). The standard InChI is InChI=1S/C15H17N3O/c1-2-5-14-16-13-7-4-3-6-12(13)15(17-14)18-8-10-19-11-9-18/h2-7H,8-11H2,1H3. The van der Waals surface area contributed by atoms with Crippen LogP contribution in [0.5, 0.6) is 0 Å². The lowest BCUT2D eigenvalue weighted by Crippen LogP contribution is -2.37. The molecule has 0 unspecified atom stereocenters. The summed E-state index contributed by atoms with van der Waals surface area (Å²) < 4.78 is 5.41. The van der Waals surface area contributed by atoms with Crippen molar-refractivity contribution in [3.8, 4) is 0 Å². The van der Waals surface area contributed by atoms with Crippen LogP contribution in [0.1, 0.15) is 12.7 Å². The molecule has 0 saturated carbocycles. The Kier molecular flexibility index (Phi) is 3.42. The zero-order valence-corrected chi connectivity index (χ0v) is 11.0. The number of hydrogen-bond donors (Lipinski definition) is 0. The number of rotatable bonds is 2. The second-order valence-corrected chi connectivity index (χ2v) is 4.52. The van der Waals surface area contributed by atoms with Crippen LogP contribution in [0.15, 0.2) is 30.3 Å². The molecule has 1 aliphatic rings. The van der Waals surface area contributed by atoms with Crippen LogP contribution in [0.25, 0.3) is 17.0 Å². The van der Waals surface area contributed by atoms with Crippen LogP contribution in [0.3, 0.4) is 0 Å². The van der Waals surface area contributed by atoms with E-state index in [4.69, 9.17) is 4.74 Å². The molecule has 0 amide bonds. The van der Waals surface area contributed by atoms with Crippen LogP contribution in [0.2, 0.25) is 0 Å². The van der Waals surface area contributed by atoms with Crippen molar-refractivity contribution in [2.75, 3.05) is 31.2 Å². The maximum atomic E-state index is 5.41. The minimum absolute atomic E-state index is 0.761. The molecule has 1 aromatic carbocycles. The third-order valence-electron chi connectivity index (χ3n) is 3.23. The Morgan fingerprint density at radius 1 is 1.16 bits per heavy atom. The largest absolute Gasteiger partial charge is 0.378 e. The van der Waals surface area contributed by atoms with E-state index in [2.05, 4.69) is 20.9 Å². The van der Waals surface area contributed by atoms with E-state index in [1.807, 2.05) is 37.3 Å². The molecule has 98 valence electrons. The lowest BCUT2D eigenvalue weighted by Gasteiger charge is -2.28. The number of aromatic nitrogens is 2. The quantitative estimate of drug-likeness (QED) is 0.826. The monoisotopic (exact) mass is 255 g/mol. The third kappa shape index (κ3) is 2.44. The van der Waals surface area contributed by atoms with Crippen LogP contribution < -0.4 is 4.90 Å². The SMILES string of the molecule is CC=Cc1nc(N2CCOCC2)c2ccccc2n1. The topological polar surface area (TPSA) is 38.2 Å². The molecule has 4 nitrogen and oxygen atoms in total. The number of morpholine rings is 1. The second-order valence-electron chi connectivity index (χ2n) is 4.52. The summed E-state index contributed by atoms with van der Waals surface area (Å²) in [6.07, 6.45) is 3.91. The van der Waals surface area contributed by atoms with Crippen LogP contribution in [-0.2, 0) is 4.74 Å². The summed E-state index contributed by atoms with van der Waals surface area (Å²) in [5.74, 6) is 1.78. The highest BCUT2D eigenvalue weighted by molar-refractivity contribution is 5.90. The van der Waals surface area contributed by atoms with Gasteiger partial charge >= 0.3 is 0 Å². The fourth-order valence-corrected chi connectivity index (χ4v) is 2.32. The number of anilines is 1. The number of fused-ring (bicyclic) bond motifs is 1. The molecule has 4 heteroatoms. The van der Waals surface area contributed by atoms with Gasteiger partial charge in [0.1, 0.15) is 5.82 Å². The van der Waals surface area contributed by atoms with Gasteiger partial charge in [0.2, 0.25) is 0 Å². The van der Waals surface area contributed by atoms with Gasteiger partial charge in [0.25, 0.3) is 0 Å². The van der Waals surface area contributed by atoms with E-state index in [0.717, 1.165) is 48.8 Å². The minimum Gasteiger partial charge on any atom is -0.378 e. The fourth-order valence-electron chi connectivity index (χ4n) is 2.32. The average molecular weight is 255 g/mol. The molecule has 1 aromatic heterocycles. The first kappa shape index (κ1) is 12.1. The number of ether oxygens (including phenoxy) is 1. The summed E-state index contributed by atoms with van der Waals surface area (Å²) >= 11 is 0. The van der Waals surface area contributed by atoms with Crippen molar-refractivity contribution in [1.82, 2.24) is 9.97 Å². The number of nitrogens with zero attached hydrogens (tertiary/aromatic N) is 3. The van der Waals surface area contributed by atoms with Crippen LogP contribution in [-0.4, -0.2) is 36.3 Å². The van der Waals surface area contributed by atoms with Crippen molar-refractivity contribution >= 4 is 22.8 Å². The first-order valence-corrected chi connectivity index (χ1v) is 6.60. The van der Waals surface area contributed by atoms with Gasteiger partial charge in [0, 0.05) is 18.5 Å². The molecule has 0 aliphatic carbocycles. The second kappa shape index (κ2) is 5.36.